The number of ketones is 1. The Kier molecular flexibility index (Phi) is 3.47. The second kappa shape index (κ2) is 4.70. The SMILES string of the molecule is Cc1ccc(Br)c(C(=O)c2sccc2Cl)c1. The van der Waals surface area contributed by atoms with E-state index in [9.17, 15) is 4.79 Å². The van der Waals surface area contributed by atoms with Gasteiger partial charge in [0, 0.05) is 10.0 Å². The van der Waals surface area contributed by atoms with Crippen LogP contribution in [0.2, 0.25) is 5.02 Å². The maximum atomic E-state index is 12.2. The second-order valence-corrected chi connectivity index (χ2v) is 5.59. The fourth-order valence-electron chi connectivity index (χ4n) is 1.39. The molecule has 0 aliphatic carbocycles. The number of aryl methyl sites for hydroxylation is 1. The molecular weight excluding hydrogens is 308 g/mol. The van der Waals surface area contributed by atoms with Crippen molar-refractivity contribution < 1.29 is 4.79 Å². The third-order valence-corrected chi connectivity index (χ3v) is 4.22. The molecule has 16 heavy (non-hydrogen) atoms. The zero-order chi connectivity index (χ0) is 11.7. The highest BCUT2D eigenvalue weighted by Crippen LogP contribution is 2.28. The molecule has 0 unspecified atom stereocenters. The van der Waals surface area contributed by atoms with Crippen LogP contribution in [0.1, 0.15) is 20.8 Å². The van der Waals surface area contributed by atoms with Crippen LogP contribution in [0, 0.1) is 6.92 Å². The Balaban J connectivity index is 2.49. The van der Waals surface area contributed by atoms with Crippen molar-refractivity contribution in [2.24, 2.45) is 0 Å². The van der Waals surface area contributed by atoms with Crippen LogP contribution in [0.3, 0.4) is 0 Å². The molecule has 0 radical (unpaired) electrons. The molecule has 0 bridgehead atoms. The fourth-order valence-corrected chi connectivity index (χ4v) is 2.91. The average molecular weight is 316 g/mol. The summed E-state index contributed by atoms with van der Waals surface area (Å²) in [5.74, 6) is -0.0319. The molecule has 4 heteroatoms. The minimum atomic E-state index is -0.0319. The van der Waals surface area contributed by atoms with Gasteiger partial charge in [-0.25, -0.2) is 0 Å². The largest absolute Gasteiger partial charge is 0.288 e. The van der Waals surface area contributed by atoms with Gasteiger partial charge >= 0.3 is 0 Å². The first-order chi connectivity index (χ1) is 7.59. The number of carbonyl (C=O) groups is 1. The maximum Gasteiger partial charge on any atom is 0.205 e. The summed E-state index contributed by atoms with van der Waals surface area (Å²) < 4.78 is 0.799. The summed E-state index contributed by atoms with van der Waals surface area (Å²) in [4.78, 5) is 12.8. The molecule has 0 atom stereocenters. The van der Waals surface area contributed by atoms with E-state index in [1.807, 2.05) is 30.5 Å². The molecule has 0 amide bonds. The first kappa shape index (κ1) is 11.8. The molecule has 1 heterocycles. The number of thiophene rings is 1. The van der Waals surface area contributed by atoms with Crippen molar-refractivity contribution in [3.63, 3.8) is 0 Å². The van der Waals surface area contributed by atoms with Gasteiger partial charge in [-0.05, 0) is 30.5 Å². The molecule has 0 N–H and O–H groups in total. The van der Waals surface area contributed by atoms with Crippen molar-refractivity contribution in [3.8, 4) is 0 Å². The highest BCUT2D eigenvalue weighted by Gasteiger charge is 2.16. The van der Waals surface area contributed by atoms with E-state index in [0.717, 1.165) is 10.0 Å². The molecule has 2 rings (SSSR count). The van der Waals surface area contributed by atoms with Crippen LogP contribution < -0.4 is 0 Å². The average Bonchev–Trinajstić information content (AvgIpc) is 2.67. The molecule has 1 aromatic carbocycles. The summed E-state index contributed by atoms with van der Waals surface area (Å²) in [6.45, 7) is 1.96. The van der Waals surface area contributed by atoms with Gasteiger partial charge in [0.15, 0.2) is 0 Å². The normalized spacial score (nSPS) is 10.4. The van der Waals surface area contributed by atoms with E-state index in [2.05, 4.69) is 15.9 Å². The lowest BCUT2D eigenvalue weighted by molar-refractivity contribution is 0.104. The Labute approximate surface area is 111 Å². The van der Waals surface area contributed by atoms with Crippen LogP contribution >= 0.6 is 38.9 Å². The standard InChI is InChI=1S/C12H8BrClOS/c1-7-2-3-9(13)8(6-7)11(15)12-10(14)4-5-16-12/h2-6H,1H3. The monoisotopic (exact) mass is 314 g/mol. The second-order valence-electron chi connectivity index (χ2n) is 3.41. The van der Waals surface area contributed by atoms with Gasteiger partial charge in [-0.3, -0.25) is 4.79 Å². The van der Waals surface area contributed by atoms with Crippen LogP contribution in [-0.4, -0.2) is 5.78 Å². The van der Waals surface area contributed by atoms with Crippen LogP contribution in [0.15, 0.2) is 34.1 Å². The summed E-state index contributed by atoms with van der Waals surface area (Å²) >= 11 is 10.7. The van der Waals surface area contributed by atoms with Crippen LogP contribution in [0.5, 0.6) is 0 Å². The van der Waals surface area contributed by atoms with Crippen LogP contribution in [0.4, 0.5) is 0 Å². The Morgan fingerprint density at radius 3 is 2.75 bits per heavy atom. The van der Waals surface area contributed by atoms with Crippen molar-refractivity contribution in [2.45, 2.75) is 6.92 Å². The molecule has 0 saturated heterocycles. The number of hydrogen-bond donors (Lipinski definition) is 0. The van der Waals surface area contributed by atoms with Gasteiger partial charge in [0.1, 0.15) is 0 Å². The zero-order valence-electron chi connectivity index (χ0n) is 8.46. The van der Waals surface area contributed by atoms with E-state index >= 15 is 0 Å². The van der Waals surface area contributed by atoms with Crippen molar-refractivity contribution in [1.29, 1.82) is 0 Å². The Morgan fingerprint density at radius 2 is 2.12 bits per heavy atom. The predicted octanol–water partition coefficient (Wildman–Crippen LogP) is 4.70. The van der Waals surface area contributed by atoms with Crippen LogP contribution in [-0.2, 0) is 0 Å². The van der Waals surface area contributed by atoms with E-state index in [1.54, 1.807) is 6.07 Å². The molecule has 0 fully saturated rings. The van der Waals surface area contributed by atoms with E-state index in [4.69, 9.17) is 11.6 Å². The lowest BCUT2D eigenvalue weighted by atomic mass is 10.1. The van der Waals surface area contributed by atoms with E-state index in [1.165, 1.54) is 11.3 Å². The van der Waals surface area contributed by atoms with Gasteiger partial charge in [0.05, 0.1) is 9.90 Å². The molecule has 1 nitrogen and oxygen atoms in total. The van der Waals surface area contributed by atoms with Gasteiger partial charge in [-0.2, -0.15) is 0 Å². The number of halogens is 2. The van der Waals surface area contributed by atoms with E-state index in [-0.39, 0.29) is 5.78 Å². The lowest BCUT2D eigenvalue weighted by Gasteiger charge is -2.03. The van der Waals surface area contributed by atoms with E-state index < -0.39 is 0 Å². The highest BCUT2D eigenvalue weighted by molar-refractivity contribution is 9.10. The number of rotatable bonds is 2. The molecule has 0 aliphatic heterocycles. The molecular formula is C12H8BrClOS. The zero-order valence-corrected chi connectivity index (χ0v) is 11.6. The van der Waals surface area contributed by atoms with Gasteiger partial charge in [0.25, 0.3) is 0 Å². The molecule has 2 aromatic rings. The smallest absolute Gasteiger partial charge is 0.205 e. The van der Waals surface area contributed by atoms with Crippen molar-refractivity contribution in [2.75, 3.05) is 0 Å². The highest BCUT2D eigenvalue weighted by atomic mass is 79.9. The molecule has 0 aliphatic rings. The Bertz CT molecular complexity index is 548. The summed E-state index contributed by atoms with van der Waals surface area (Å²) in [6.07, 6.45) is 0. The van der Waals surface area contributed by atoms with Crippen molar-refractivity contribution in [3.05, 3.63) is 55.1 Å². The first-order valence-electron chi connectivity index (χ1n) is 4.63. The number of carbonyl (C=O) groups excluding carboxylic acids is 1. The minimum Gasteiger partial charge on any atom is -0.288 e. The molecule has 82 valence electrons. The number of benzene rings is 1. The molecule has 0 saturated carbocycles. The number of hydrogen-bond acceptors (Lipinski definition) is 2. The minimum absolute atomic E-state index is 0.0319. The Hall–Kier alpha value is -0.640. The topological polar surface area (TPSA) is 17.1 Å². The molecule has 0 spiro atoms. The van der Waals surface area contributed by atoms with E-state index in [0.29, 0.717) is 15.5 Å². The summed E-state index contributed by atoms with van der Waals surface area (Å²) in [7, 11) is 0. The first-order valence-corrected chi connectivity index (χ1v) is 6.68. The van der Waals surface area contributed by atoms with Gasteiger partial charge < -0.3 is 0 Å². The predicted molar refractivity (Wildman–Crippen MR) is 71.6 cm³/mol. The van der Waals surface area contributed by atoms with Crippen molar-refractivity contribution in [1.82, 2.24) is 0 Å². The molecule has 1 aromatic heterocycles. The maximum absolute atomic E-state index is 12.2. The third kappa shape index (κ3) is 2.21. The van der Waals surface area contributed by atoms with Crippen LogP contribution in [0.25, 0.3) is 0 Å². The van der Waals surface area contributed by atoms with Gasteiger partial charge in [0.2, 0.25) is 5.78 Å². The summed E-state index contributed by atoms with van der Waals surface area (Å²) in [5.41, 5.74) is 1.71. The lowest BCUT2D eigenvalue weighted by Crippen LogP contribution is -2.00. The van der Waals surface area contributed by atoms with Gasteiger partial charge in [-0.1, -0.05) is 39.2 Å². The van der Waals surface area contributed by atoms with Crippen molar-refractivity contribution >= 4 is 44.7 Å². The fraction of sp³-hybridized carbons (Fsp3) is 0.0833. The third-order valence-electron chi connectivity index (χ3n) is 2.19. The summed E-state index contributed by atoms with van der Waals surface area (Å²) in [6, 6.07) is 7.44. The quantitative estimate of drug-likeness (QED) is 0.734. The summed E-state index contributed by atoms with van der Waals surface area (Å²) in [5, 5.41) is 2.34. The Morgan fingerprint density at radius 1 is 1.38 bits per heavy atom. The van der Waals surface area contributed by atoms with Gasteiger partial charge in [-0.15, -0.1) is 11.3 Å².